The molecule has 4 atom stereocenters. The Kier molecular flexibility index (Phi) is 5.76. The van der Waals surface area contributed by atoms with Gasteiger partial charge in [0.2, 0.25) is 0 Å². The van der Waals surface area contributed by atoms with Gasteiger partial charge in [0.05, 0.1) is 37.9 Å². The number of Topliss-reactive ketones (excluding diaryl/α,β-unsaturated/α-hetero) is 1. The van der Waals surface area contributed by atoms with Crippen molar-refractivity contribution in [3.05, 3.63) is 92.3 Å². The van der Waals surface area contributed by atoms with Crippen LogP contribution < -0.4 is 20.9 Å². The number of aromatic hydroxyl groups is 1. The van der Waals surface area contributed by atoms with Crippen molar-refractivity contribution in [1.82, 2.24) is 13.9 Å². The Morgan fingerprint density at radius 2 is 1.73 bits per heavy atom. The number of ketones is 2. The first kappa shape index (κ1) is 25.7. The fraction of sp³-hybridized carbons (Fsp3) is 0.333. The number of ether oxygens (including phenoxy) is 2. The number of allylic oxidation sites excluding steroid dienone is 4. The summed E-state index contributed by atoms with van der Waals surface area (Å²) < 4.78 is 14.9. The summed E-state index contributed by atoms with van der Waals surface area (Å²) in [7, 11) is 2.92. The highest BCUT2D eigenvalue weighted by atomic mass is 16.5. The third kappa shape index (κ3) is 3.34. The molecule has 0 bridgehead atoms. The lowest BCUT2D eigenvalue weighted by molar-refractivity contribution is -0.139. The van der Waals surface area contributed by atoms with Crippen LogP contribution in [-0.2, 0) is 16.1 Å². The molecule has 40 heavy (non-hydrogen) atoms. The smallest absolute Gasteiger partial charge is 0.352 e. The Morgan fingerprint density at radius 3 is 2.40 bits per heavy atom. The highest BCUT2D eigenvalue weighted by Crippen LogP contribution is 2.62. The lowest BCUT2D eigenvalue weighted by Crippen LogP contribution is -2.54. The number of hydrogen-bond acceptors (Lipinski definition) is 7. The summed E-state index contributed by atoms with van der Waals surface area (Å²) in [5, 5.41) is 11.3. The van der Waals surface area contributed by atoms with Crippen LogP contribution in [-0.4, -0.2) is 44.8 Å². The second kappa shape index (κ2) is 8.97. The van der Waals surface area contributed by atoms with Gasteiger partial charge in [0.15, 0.2) is 11.6 Å². The van der Waals surface area contributed by atoms with E-state index in [-0.39, 0.29) is 36.0 Å². The van der Waals surface area contributed by atoms with Gasteiger partial charge < -0.3 is 14.6 Å². The number of carbonyl (C=O) groups excluding carboxylic acids is 2. The van der Waals surface area contributed by atoms with Crippen LogP contribution in [0.3, 0.4) is 0 Å². The molecule has 206 valence electrons. The molecule has 1 N–H and O–H groups in total. The van der Waals surface area contributed by atoms with Crippen molar-refractivity contribution >= 4 is 11.6 Å². The first-order chi connectivity index (χ1) is 19.1. The largest absolute Gasteiger partial charge is 0.507 e. The molecule has 10 heteroatoms. The number of phenols is 1. The van der Waals surface area contributed by atoms with Crippen molar-refractivity contribution in [2.45, 2.75) is 38.8 Å². The van der Waals surface area contributed by atoms with Gasteiger partial charge in [-0.1, -0.05) is 31.2 Å². The average Bonchev–Trinajstić information content (AvgIpc) is 3.21. The summed E-state index contributed by atoms with van der Waals surface area (Å²) in [5.41, 5.74) is -0.549. The van der Waals surface area contributed by atoms with Gasteiger partial charge in [-0.15, -0.1) is 0 Å². The standard InChI is InChI=1S/C30H29N3O7/c1-16-12-22(34)20-15-21-19(10-11-31-28(37)32(29(38)33(21)31)17-8-6-5-7-9-17)26(30(20,2)27(16)36)25-23(35)13-18(39-3)14-24(25)40-4/h5-10,12-14,20-21,26,35H,11,15H2,1-4H3/t20-,21+,26+,30+/m0/s1. The van der Waals surface area contributed by atoms with E-state index in [4.69, 9.17) is 9.47 Å². The summed E-state index contributed by atoms with van der Waals surface area (Å²) in [6.45, 7) is 3.44. The number of rotatable bonds is 4. The highest BCUT2D eigenvalue weighted by molar-refractivity contribution is 6.13. The topological polar surface area (TPSA) is 122 Å². The maximum Gasteiger partial charge on any atom is 0.352 e. The molecule has 0 saturated heterocycles. The monoisotopic (exact) mass is 543 g/mol. The molecule has 6 rings (SSSR count). The van der Waals surface area contributed by atoms with Gasteiger partial charge in [0.25, 0.3) is 0 Å². The number of aromatic nitrogens is 3. The van der Waals surface area contributed by atoms with E-state index >= 15 is 0 Å². The van der Waals surface area contributed by atoms with E-state index in [0.29, 0.717) is 28.1 Å². The van der Waals surface area contributed by atoms with Crippen molar-refractivity contribution in [2.75, 3.05) is 14.2 Å². The number of methoxy groups -OCH3 is 2. The first-order valence-corrected chi connectivity index (χ1v) is 13.0. The third-order valence-electron chi connectivity index (χ3n) is 8.76. The minimum absolute atomic E-state index is 0.0766. The van der Waals surface area contributed by atoms with Crippen molar-refractivity contribution in [2.24, 2.45) is 11.3 Å². The molecule has 3 aliphatic rings. The molecule has 0 radical (unpaired) electrons. The predicted molar refractivity (Wildman–Crippen MR) is 145 cm³/mol. The van der Waals surface area contributed by atoms with Crippen LogP contribution in [0.15, 0.2) is 75.4 Å². The van der Waals surface area contributed by atoms with Gasteiger partial charge in [-0.2, -0.15) is 0 Å². The lowest BCUT2D eigenvalue weighted by atomic mass is 9.50. The SMILES string of the molecule is COc1cc(O)c([C@H]2C3=CCn4c(=O)n(-c5ccccc5)c(=O)n4[C@@H]3C[C@H]3C(=O)C=C(C)C(=O)[C@@]23C)c(OC)c1. The Bertz CT molecular complexity index is 1760. The fourth-order valence-electron chi connectivity index (χ4n) is 6.93. The number of fused-ring (bicyclic) bond motifs is 4. The number of phenolic OH excluding ortho intramolecular Hbond substituents is 1. The molecule has 0 spiro atoms. The van der Waals surface area contributed by atoms with E-state index in [1.165, 1.54) is 35.7 Å². The third-order valence-corrected chi connectivity index (χ3v) is 8.76. The molecule has 0 amide bonds. The van der Waals surface area contributed by atoms with E-state index in [9.17, 15) is 24.3 Å². The van der Waals surface area contributed by atoms with Crippen molar-refractivity contribution in [1.29, 1.82) is 0 Å². The minimum atomic E-state index is -1.27. The Labute approximate surface area is 229 Å². The highest BCUT2D eigenvalue weighted by Gasteiger charge is 2.60. The zero-order valence-corrected chi connectivity index (χ0v) is 22.6. The maximum atomic E-state index is 14.0. The van der Waals surface area contributed by atoms with E-state index in [1.54, 1.807) is 50.2 Å². The first-order valence-electron chi connectivity index (χ1n) is 13.0. The van der Waals surface area contributed by atoms with Crippen LogP contribution >= 0.6 is 0 Å². The van der Waals surface area contributed by atoms with E-state index < -0.39 is 34.7 Å². The summed E-state index contributed by atoms with van der Waals surface area (Å²) in [4.78, 5) is 54.8. The fourth-order valence-corrected chi connectivity index (χ4v) is 6.93. The maximum absolute atomic E-state index is 14.0. The van der Waals surface area contributed by atoms with Gasteiger partial charge in [-0.25, -0.2) is 23.5 Å². The van der Waals surface area contributed by atoms with Crippen LogP contribution in [0.25, 0.3) is 5.69 Å². The predicted octanol–water partition coefficient (Wildman–Crippen LogP) is 2.91. The quantitative estimate of drug-likeness (QED) is 0.502. The summed E-state index contributed by atoms with van der Waals surface area (Å²) in [5.74, 6) is -1.59. The summed E-state index contributed by atoms with van der Waals surface area (Å²) >= 11 is 0. The Morgan fingerprint density at radius 1 is 1.00 bits per heavy atom. The molecule has 1 fully saturated rings. The van der Waals surface area contributed by atoms with Crippen LogP contribution in [0, 0.1) is 11.3 Å². The van der Waals surface area contributed by atoms with Gasteiger partial charge in [-0.3, -0.25) is 9.59 Å². The Hall–Kier alpha value is -4.60. The molecular weight excluding hydrogens is 514 g/mol. The average molecular weight is 544 g/mol. The minimum Gasteiger partial charge on any atom is -0.507 e. The van der Waals surface area contributed by atoms with E-state index in [1.807, 2.05) is 6.08 Å². The second-order valence-electron chi connectivity index (χ2n) is 10.7. The molecule has 1 aliphatic heterocycles. The number of hydrogen-bond donors (Lipinski definition) is 1. The Balaban J connectivity index is 1.63. The molecule has 10 nitrogen and oxygen atoms in total. The van der Waals surface area contributed by atoms with Gasteiger partial charge in [0, 0.05) is 29.5 Å². The van der Waals surface area contributed by atoms with Crippen LogP contribution in [0.1, 0.15) is 37.8 Å². The molecule has 1 saturated carbocycles. The second-order valence-corrected chi connectivity index (χ2v) is 10.7. The number of benzene rings is 2. The summed E-state index contributed by atoms with van der Waals surface area (Å²) in [6.07, 6.45) is 3.34. The molecule has 3 aromatic rings. The van der Waals surface area contributed by atoms with Crippen molar-refractivity contribution in [3.63, 3.8) is 0 Å². The van der Waals surface area contributed by atoms with Gasteiger partial charge in [0.1, 0.15) is 17.2 Å². The van der Waals surface area contributed by atoms with Crippen molar-refractivity contribution < 1.29 is 24.2 Å². The molecule has 1 aromatic heterocycles. The number of para-hydroxylation sites is 1. The molecule has 2 aliphatic carbocycles. The number of carbonyl (C=O) groups is 2. The van der Waals surface area contributed by atoms with Crippen LogP contribution in [0.2, 0.25) is 0 Å². The molecular formula is C30H29N3O7. The summed E-state index contributed by atoms with van der Waals surface area (Å²) in [6, 6.07) is 11.0. The van der Waals surface area contributed by atoms with Crippen molar-refractivity contribution in [3.8, 4) is 22.9 Å². The van der Waals surface area contributed by atoms with Gasteiger partial charge >= 0.3 is 11.4 Å². The van der Waals surface area contributed by atoms with E-state index in [0.717, 1.165) is 4.57 Å². The van der Waals surface area contributed by atoms with Crippen LogP contribution in [0.4, 0.5) is 0 Å². The zero-order chi connectivity index (χ0) is 28.5. The normalized spacial score (nSPS) is 25.4. The molecule has 2 aromatic carbocycles. The lowest BCUT2D eigenvalue weighted by Gasteiger charge is -2.52. The molecule has 0 unspecified atom stereocenters. The molecule has 2 heterocycles. The number of nitrogens with zero attached hydrogens (tertiary/aromatic N) is 3. The van der Waals surface area contributed by atoms with Crippen LogP contribution in [0.5, 0.6) is 17.2 Å². The van der Waals surface area contributed by atoms with E-state index in [2.05, 4.69) is 0 Å². The van der Waals surface area contributed by atoms with Gasteiger partial charge in [-0.05, 0) is 42.7 Å². The zero-order valence-electron chi connectivity index (χ0n) is 22.6.